The van der Waals surface area contributed by atoms with Crippen LogP contribution in [0, 0.1) is 0 Å². The number of halogens is 1. The molecule has 1 atom stereocenters. The molecular weight excluding hydrogens is 412 g/mol. The second-order valence-electron chi connectivity index (χ2n) is 6.48. The van der Waals surface area contributed by atoms with Crippen LogP contribution in [0.15, 0.2) is 63.3 Å². The molecule has 0 radical (unpaired) electrons. The van der Waals surface area contributed by atoms with E-state index in [1.54, 1.807) is 48.0 Å². The summed E-state index contributed by atoms with van der Waals surface area (Å²) in [6.07, 6.45) is 1.61. The van der Waals surface area contributed by atoms with Crippen LogP contribution in [0.5, 0.6) is 5.75 Å². The van der Waals surface area contributed by atoms with Crippen molar-refractivity contribution < 1.29 is 13.9 Å². The van der Waals surface area contributed by atoms with Crippen molar-refractivity contribution in [1.82, 2.24) is 4.98 Å². The van der Waals surface area contributed by atoms with E-state index in [-0.39, 0.29) is 16.8 Å². The standard InChI is InChI=1S/C21H13ClN2O4S/c1-27-13-5-6-14-15(10-13)28-19-16(18(14)25)17(11-3-2-4-12(22)9-11)24(20(19)26)21-23-7-8-29-21/h2-10,17H,1H3/t17-/m1/s1. The summed E-state index contributed by atoms with van der Waals surface area (Å²) in [6.45, 7) is 0. The third-order valence-corrected chi connectivity index (χ3v) is 5.87. The smallest absolute Gasteiger partial charge is 0.297 e. The minimum absolute atomic E-state index is 0.0101. The summed E-state index contributed by atoms with van der Waals surface area (Å²) in [5.74, 6) is 0.131. The van der Waals surface area contributed by atoms with Gasteiger partial charge < -0.3 is 9.15 Å². The molecule has 1 aliphatic heterocycles. The van der Waals surface area contributed by atoms with Crippen LogP contribution in [0.4, 0.5) is 5.13 Å². The third-order valence-electron chi connectivity index (χ3n) is 4.87. The van der Waals surface area contributed by atoms with Crippen LogP contribution in [-0.4, -0.2) is 18.0 Å². The van der Waals surface area contributed by atoms with E-state index in [0.29, 0.717) is 32.4 Å². The Kier molecular flexibility index (Phi) is 4.15. The van der Waals surface area contributed by atoms with E-state index in [0.717, 1.165) is 0 Å². The summed E-state index contributed by atoms with van der Waals surface area (Å²) in [6, 6.07) is 11.4. The van der Waals surface area contributed by atoms with Crippen LogP contribution in [0.1, 0.15) is 27.7 Å². The van der Waals surface area contributed by atoms with Gasteiger partial charge in [0.2, 0.25) is 5.76 Å². The summed E-state index contributed by atoms with van der Waals surface area (Å²) in [5.41, 5.74) is 1.03. The van der Waals surface area contributed by atoms with Crippen LogP contribution in [-0.2, 0) is 0 Å². The topological polar surface area (TPSA) is 72.6 Å². The fourth-order valence-electron chi connectivity index (χ4n) is 3.60. The van der Waals surface area contributed by atoms with E-state index < -0.39 is 11.9 Å². The zero-order chi connectivity index (χ0) is 20.1. The van der Waals surface area contributed by atoms with Crippen LogP contribution in [0.2, 0.25) is 5.02 Å². The molecule has 0 aliphatic carbocycles. The lowest BCUT2D eigenvalue weighted by atomic mass is 9.99. The number of anilines is 1. The SMILES string of the molecule is COc1ccc2c(=O)c3c(oc2c1)C(=O)N(c1nccs1)[C@@H]3c1cccc(Cl)c1. The number of carbonyl (C=O) groups excluding carboxylic acids is 1. The molecule has 3 heterocycles. The van der Waals surface area contributed by atoms with Gasteiger partial charge in [-0.2, -0.15) is 0 Å². The highest BCUT2D eigenvalue weighted by atomic mass is 35.5. The number of aromatic nitrogens is 1. The molecule has 0 bridgehead atoms. The highest BCUT2D eigenvalue weighted by Gasteiger charge is 2.44. The molecule has 4 aromatic rings. The van der Waals surface area contributed by atoms with E-state index in [4.69, 9.17) is 20.8 Å². The third kappa shape index (κ3) is 2.73. The minimum Gasteiger partial charge on any atom is -0.497 e. The fraction of sp³-hybridized carbons (Fsp3) is 0.0952. The zero-order valence-electron chi connectivity index (χ0n) is 15.1. The molecule has 8 heteroatoms. The van der Waals surface area contributed by atoms with Gasteiger partial charge in [0.15, 0.2) is 10.6 Å². The number of methoxy groups -OCH3 is 1. The number of amides is 1. The molecule has 0 saturated heterocycles. The van der Waals surface area contributed by atoms with Crippen molar-refractivity contribution >= 4 is 44.9 Å². The predicted molar refractivity (Wildman–Crippen MR) is 111 cm³/mol. The maximum Gasteiger partial charge on any atom is 0.297 e. The van der Waals surface area contributed by atoms with Crippen LogP contribution < -0.4 is 15.1 Å². The molecule has 1 aliphatic rings. The first kappa shape index (κ1) is 17.9. The van der Waals surface area contributed by atoms with Gasteiger partial charge in [-0.05, 0) is 29.8 Å². The fourth-order valence-corrected chi connectivity index (χ4v) is 4.47. The van der Waals surface area contributed by atoms with E-state index in [9.17, 15) is 9.59 Å². The van der Waals surface area contributed by atoms with Gasteiger partial charge >= 0.3 is 0 Å². The second kappa shape index (κ2) is 6.72. The number of hydrogen-bond donors (Lipinski definition) is 0. The molecule has 0 fully saturated rings. The normalized spacial score (nSPS) is 15.7. The summed E-state index contributed by atoms with van der Waals surface area (Å²) >= 11 is 7.51. The van der Waals surface area contributed by atoms with Crippen molar-refractivity contribution in [3.8, 4) is 5.75 Å². The van der Waals surface area contributed by atoms with Gasteiger partial charge in [0.05, 0.1) is 24.1 Å². The molecule has 0 unspecified atom stereocenters. The van der Waals surface area contributed by atoms with Crippen molar-refractivity contribution in [2.45, 2.75) is 6.04 Å². The largest absolute Gasteiger partial charge is 0.497 e. The van der Waals surface area contributed by atoms with Gasteiger partial charge in [0.25, 0.3) is 5.91 Å². The van der Waals surface area contributed by atoms with Crippen LogP contribution >= 0.6 is 22.9 Å². The lowest BCUT2D eigenvalue weighted by Gasteiger charge is -2.22. The molecule has 0 N–H and O–H groups in total. The maximum atomic E-state index is 13.4. The zero-order valence-corrected chi connectivity index (χ0v) is 16.7. The molecule has 0 spiro atoms. The number of carbonyl (C=O) groups is 1. The van der Waals surface area contributed by atoms with Crippen molar-refractivity contribution in [3.63, 3.8) is 0 Å². The number of benzene rings is 2. The number of nitrogens with zero attached hydrogens (tertiary/aromatic N) is 2. The molecule has 0 saturated carbocycles. The first-order valence-electron chi connectivity index (χ1n) is 8.71. The molecule has 1 amide bonds. The molecule has 29 heavy (non-hydrogen) atoms. The molecule has 2 aromatic heterocycles. The summed E-state index contributed by atoms with van der Waals surface area (Å²) in [7, 11) is 1.52. The number of ether oxygens (including phenoxy) is 1. The van der Waals surface area contributed by atoms with Gasteiger partial charge in [0.1, 0.15) is 11.3 Å². The Morgan fingerprint density at radius 3 is 2.79 bits per heavy atom. The second-order valence-corrected chi connectivity index (χ2v) is 7.79. The molecule has 2 aromatic carbocycles. The first-order valence-corrected chi connectivity index (χ1v) is 9.97. The Bertz CT molecular complexity index is 1320. The molecule has 144 valence electrons. The van der Waals surface area contributed by atoms with Gasteiger partial charge in [-0.15, -0.1) is 11.3 Å². The van der Waals surface area contributed by atoms with Crippen LogP contribution in [0.25, 0.3) is 11.0 Å². The molecular formula is C21H13ClN2O4S. The summed E-state index contributed by atoms with van der Waals surface area (Å²) < 4.78 is 11.1. The van der Waals surface area contributed by atoms with Crippen molar-refractivity contribution in [1.29, 1.82) is 0 Å². The first-order chi connectivity index (χ1) is 14.1. The minimum atomic E-state index is -0.676. The summed E-state index contributed by atoms with van der Waals surface area (Å²) in [5, 5.41) is 3.15. The van der Waals surface area contributed by atoms with Gasteiger partial charge in [0, 0.05) is 22.7 Å². The Morgan fingerprint density at radius 2 is 2.07 bits per heavy atom. The van der Waals surface area contributed by atoms with E-state index in [1.165, 1.54) is 23.3 Å². The lowest BCUT2D eigenvalue weighted by Crippen LogP contribution is -2.29. The molecule has 5 rings (SSSR count). The average molecular weight is 425 g/mol. The van der Waals surface area contributed by atoms with E-state index in [2.05, 4.69) is 4.98 Å². The predicted octanol–water partition coefficient (Wildman–Crippen LogP) is 4.66. The highest BCUT2D eigenvalue weighted by molar-refractivity contribution is 7.13. The van der Waals surface area contributed by atoms with E-state index in [1.807, 2.05) is 6.07 Å². The maximum absolute atomic E-state index is 13.4. The Hall–Kier alpha value is -3.16. The number of hydrogen-bond acceptors (Lipinski definition) is 6. The Balaban J connectivity index is 1.82. The average Bonchev–Trinajstić information content (AvgIpc) is 3.34. The Labute approximate surface area is 173 Å². The van der Waals surface area contributed by atoms with Gasteiger partial charge in [-0.25, -0.2) is 4.98 Å². The van der Waals surface area contributed by atoms with E-state index >= 15 is 0 Å². The highest BCUT2D eigenvalue weighted by Crippen LogP contribution is 2.42. The number of thiazole rings is 1. The Morgan fingerprint density at radius 1 is 1.21 bits per heavy atom. The molecule has 6 nitrogen and oxygen atoms in total. The number of fused-ring (bicyclic) bond motifs is 2. The number of rotatable bonds is 3. The van der Waals surface area contributed by atoms with Crippen molar-refractivity contribution in [2.24, 2.45) is 0 Å². The van der Waals surface area contributed by atoms with Gasteiger partial charge in [-0.1, -0.05) is 23.7 Å². The quantitative estimate of drug-likeness (QED) is 0.478. The monoisotopic (exact) mass is 424 g/mol. The van der Waals surface area contributed by atoms with Gasteiger partial charge in [-0.3, -0.25) is 14.5 Å². The summed E-state index contributed by atoms with van der Waals surface area (Å²) in [4.78, 5) is 32.5. The lowest BCUT2D eigenvalue weighted by molar-refractivity contribution is 0.0971. The van der Waals surface area contributed by atoms with Crippen molar-refractivity contribution in [2.75, 3.05) is 12.0 Å². The van der Waals surface area contributed by atoms with Crippen molar-refractivity contribution in [3.05, 3.63) is 86.2 Å². The van der Waals surface area contributed by atoms with Crippen LogP contribution in [0.3, 0.4) is 0 Å².